The second-order valence-corrected chi connectivity index (χ2v) is 6.25. The van der Waals surface area contributed by atoms with E-state index in [9.17, 15) is 4.79 Å². The quantitative estimate of drug-likeness (QED) is 0.777. The first-order chi connectivity index (χ1) is 11.6. The fourth-order valence-corrected chi connectivity index (χ4v) is 3.43. The number of carbonyl (C=O) groups is 1. The molecule has 1 aromatic heterocycles. The number of nitrogen functional groups attached to an aromatic ring is 2. The third-order valence-electron chi connectivity index (χ3n) is 3.52. The van der Waals surface area contributed by atoms with Crippen molar-refractivity contribution in [2.45, 2.75) is 10.4 Å². The molecular weight excluding hydrogens is 328 g/mol. The Bertz CT molecular complexity index is 688. The highest BCUT2D eigenvalue weighted by Gasteiger charge is 2.29. The maximum atomic E-state index is 13.0. The van der Waals surface area contributed by atoms with Gasteiger partial charge in [-0.05, 0) is 5.56 Å². The Hall–Kier alpha value is -2.39. The molecule has 9 heteroatoms. The summed E-state index contributed by atoms with van der Waals surface area (Å²) in [6, 6.07) is 9.51. The van der Waals surface area contributed by atoms with E-state index in [0.717, 1.165) is 5.56 Å². The van der Waals surface area contributed by atoms with Crippen molar-refractivity contribution in [1.29, 1.82) is 0 Å². The third kappa shape index (κ3) is 3.92. The monoisotopic (exact) mass is 346 g/mol. The Labute approximate surface area is 143 Å². The SMILES string of the molecule is Nc1nc(N)nc(S[C@H](C(=O)N2CCOCC2)c2ccccc2)n1. The van der Waals surface area contributed by atoms with Gasteiger partial charge in [-0.15, -0.1) is 0 Å². The summed E-state index contributed by atoms with van der Waals surface area (Å²) in [5, 5.41) is -0.152. The number of thioether (sulfide) groups is 1. The molecule has 1 aliphatic heterocycles. The van der Waals surface area contributed by atoms with Crippen molar-refractivity contribution in [2.24, 2.45) is 0 Å². The lowest BCUT2D eigenvalue weighted by Gasteiger charge is -2.30. The average molecular weight is 346 g/mol. The number of aromatic nitrogens is 3. The van der Waals surface area contributed by atoms with E-state index in [4.69, 9.17) is 16.2 Å². The minimum Gasteiger partial charge on any atom is -0.378 e. The molecule has 0 radical (unpaired) electrons. The number of carbonyl (C=O) groups excluding carboxylic acids is 1. The van der Waals surface area contributed by atoms with Gasteiger partial charge >= 0.3 is 0 Å². The van der Waals surface area contributed by atoms with Crippen LogP contribution >= 0.6 is 11.8 Å². The van der Waals surface area contributed by atoms with Crippen molar-refractivity contribution >= 4 is 29.6 Å². The van der Waals surface area contributed by atoms with Crippen molar-refractivity contribution in [3.63, 3.8) is 0 Å². The summed E-state index contributed by atoms with van der Waals surface area (Å²) in [6.07, 6.45) is 0. The van der Waals surface area contributed by atoms with Crippen LogP contribution in [0.15, 0.2) is 35.5 Å². The van der Waals surface area contributed by atoms with Gasteiger partial charge in [-0.2, -0.15) is 15.0 Å². The predicted octanol–water partition coefficient (Wildman–Crippen LogP) is 0.728. The summed E-state index contributed by atoms with van der Waals surface area (Å²) in [5.74, 6) is 0.0679. The lowest BCUT2D eigenvalue weighted by Crippen LogP contribution is -2.42. The summed E-state index contributed by atoms with van der Waals surface area (Å²) < 4.78 is 5.32. The molecule has 1 aromatic carbocycles. The molecule has 2 aromatic rings. The number of morpholine rings is 1. The molecule has 1 aliphatic rings. The topological polar surface area (TPSA) is 120 Å². The zero-order valence-electron chi connectivity index (χ0n) is 13.0. The number of nitrogens with two attached hydrogens (primary N) is 2. The van der Waals surface area contributed by atoms with E-state index in [2.05, 4.69) is 15.0 Å². The van der Waals surface area contributed by atoms with Crippen molar-refractivity contribution < 1.29 is 9.53 Å². The van der Waals surface area contributed by atoms with E-state index >= 15 is 0 Å². The Morgan fingerprint density at radius 1 is 1.08 bits per heavy atom. The van der Waals surface area contributed by atoms with Crippen LogP contribution < -0.4 is 11.5 Å². The average Bonchev–Trinajstić information content (AvgIpc) is 2.60. The molecular formula is C15H18N6O2S. The molecule has 24 heavy (non-hydrogen) atoms. The minimum atomic E-state index is -0.481. The molecule has 0 aliphatic carbocycles. The lowest BCUT2D eigenvalue weighted by molar-refractivity contribution is -0.134. The van der Waals surface area contributed by atoms with Gasteiger partial charge in [0.15, 0.2) is 5.16 Å². The largest absolute Gasteiger partial charge is 0.378 e. The first-order valence-corrected chi connectivity index (χ1v) is 8.36. The summed E-state index contributed by atoms with van der Waals surface area (Å²) in [5.41, 5.74) is 12.1. The third-order valence-corrected chi connectivity index (χ3v) is 4.63. The Morgan fingerprint density at radius 3 is 2.33 bits per heavy atom. The van der Waals surface area contributed by atoms with E-state index in [1.54, 1.807) is 4.90 Å². The van der Waals surface area contributed by atoms with Crippen LogP contribution in [0.3, 0.4) is 0 Å². The van der Waals surface area contributed by atoms with Gasteiger partial charge in [0, 0.05) is 13.1 Å². The van der Waals surface area contributed by atoms with Crippen molar-refractivity contribution in [3.8, 4) is 0 Å². The van der Waals surface area contributed by atoms with Crippen LogP contribution in [-0.2, 0) is 9.53 Å². The molecule has 0 unspecified atom stereocenters. The van der Waals surface area contributed by atoms with Gasteiger partial charge < -0.3 is 21.1 Å². The lowest BCUT2D eigenvalue weighted by atomic mass is 10.1. The standard InChI is InChI=1S/C15H18N6O2S/c16-13-18-14(17)20-15(19-13)24-11(10-4-2-1-3-5-10)12(22)21-6-8-23-9-7-21/h1-5,11H,6-9H2,(H4,16,17,18,19,20)/t11-/m0/s1. The van der Waals surface area contributed by atoms with Crippen LogP contribution in [-0.4, -0.2) is 52.1 Å². The predicted molar refractivity (Wildman–Crippen MR) is 91.1 cm³/mol. The molecule has 4 N–H and O–H groups in total. The van der Waals surface area contributed by atoms with E-state index in [0.29, 0.717) is 31.5 Å². The summed E-state index contributed by atoms with van der Waals surface area (Å²) >= 11 is 1.22. The van der Waals surface area contributed by atoms with Crippen LogP contribution in [0, 0.1) is 0 Å². The van der Waals surface area contributed by atoms with Crippen LogP contribution in [0.2, 0.25) is 0 Å². The number of hydrogen-bond donors (Lipinski definition) is 2. The van der Waals surface area contributed by atoms with Crippen molar-refractivity contribution in [2.75, 3.05) is 37.8 Å². The summed E-state index contributed by atoms with van der Waals surface area (Å²) in [7, 11) is 0. The number of hydrogen-bond acceptors (Lipinski definition) is 8. The molecule has 3 rings (SSSR count). The fourth-order valence-electron chi connectivity index (χ4n) is 2.38. The number of benzene rings is 1. The molecule has 0 bridgehead atoms. The van der Waals surface area contributed by atoms with Gasteiger partial charge in [0.25, 0.3) is 0 Å². The summed E-state index contributed by atoms with van der Waals surface area (Å²) in [4.78, 5) is 26.7. The van der Waals surface area contributed by atoms with Crippen molar-refractivity contribution in [3.05, 3.63) is 35.9 Å². The molecule has 1 saturated heterocycles. The van der Waals surface area contributed by atoms with E-state index in [-0.39, 0.29) is 17.8 Å². The molecule has 1 atom stereocenters. The number of anilines is 2. The first kappa shape index (κ1) is 16.5. The number of amides is 1. The van der Waals surface area contributed by atoms with Crippen LogP contribution in [0.1, 0.15) is 10.8 Å². The highest BCUT2D eigenvalue weighted by molar-refractivity contribution is 8.00. The first-order valence-electron chi connectivity index (χ1n) is 7.48. The summed E-state index contributed by atoms with van der Waals surface area (Å²) in [6.45, 7) is 2.24. The van der Waals surface area contributed by atoms with Gasteiger partial charge in [0.2, 0.25) is 17.8 Å². The molecule has 1 amide bonds. The highest BCUT2D eigenvalue weighted by Crippen LogP contribution is 2.35. The van der Waals surface area contributed by atoms with Crippen LogP contribution in [0.4, 0.5) is 11.9 Å². The van der Waals surface area contributed by atoms with Crippen LogP contribution in [0.25, 0.3) is 0 Å². The van der Waals surface area contributed by atoms with Gasteiger partial charge in [0.05, 0.1) is 13.2 Å². The Kier molecular flexibility index (Phi) is 5.11. The zero-order valence-corrected chi connectivity index (χ0v) is 13.8. The van der Waals surface area contributed by atoms with Gasteiger partial charge in [0.1, 0.15) is 5.25 Å². The molecule has 1 fully saturated rings. The van der Waals surface area contributed by atoms with Gasteiger partial charge in [-0.1, -0.05) is 42.1 Å². The van der Waals surface area contributed by atoms with E-state index in [1.807, 2.05) is 30.3 Å². The van der Waals surface area contributed by atoms with Gasteiger partial charge in [-0.3, -0.25) is 4.79 Å². The van der Waals surface area contributed by atoms with Crippen LogP contribution in [0.5, 0.6) is 0 Å². The molecule has 126 valence electrons. The zero-order chi connectivity index (χ0) is 16.9. The Morgan fingerprint density at radius 2 is 1.71 bits per heavy atom. The second-order valence-electron chi connectivity index (χ2n) is 5.18. The minimum absolute atomic E-state index is 0.00736. The highest BCUT2D eigenvalue weighted by atomic mass is 32.2. The number of ether oxygens (including phenoxy) is 1. The van der Waals surface area contributed by atoms with E-state index in [1.165, 1.54) is 11.8 Å². The number of rotatable bonds is 4. The van der Waals surface area contributed by atoms with Crippen molar-refractivity contribution in [1.82, 2.24) is 19.9 Å². The molecule has 0 saturated carbocycles. The Balaban J connectivity index is 1.88. The second kappa shape index (κ2) is 7.45. The maximum absolute atomic E-state index is 13.0. The fraction of sp³-hybridized carbons (Fsp3) is 0.333. The molecule has 2 heterocycles. The smallest absolute Gasteiger partial charge is 0.240 e. The molecule has 8 nitrogen and oxygen atoms in total. The van der Waals surface area contributed by atoms with Gasteiger partial charge in [-0.25, -0.2) is 0 Å². The normalized spacial score (nSPS) is 15.9. The van der Waals surface area contributed by atoms with E-state index < -0.39 is 5.25 Å². The number of nitrogens with zero attached hydrogens (tertiary/aromatic N) is 4. The maximum Gasteiger partial charge on any atom is 0.240 e. The molecule has 0 spiro atoms.